The lowest BCUT2D eigenvalue weighted by atomic mass is 10.1. The minimum atomic E-state index is 0.463. The van der Waals surface area contributed by atoms with Crippen molar-refractivity contribution >= 4 is 23.0 Å². The van der Waals surface area contributed by atoms with Gasteiger partial charge in [0.2, 0.25) is 5.05 Å². The van der Waals surface area contributed by atoms with Gasteiger partial charge in [-0.1, -0.05) is 19.0 Å². The summed E-state index contributed by atoms with van der Waals surface area (Å²) < 4.78 is 0. The van der Waals surface area contributed by atoms with E-state index in [2.05, 4.69) is 19.0 Å². The summed E-state index contributed by atoms with van der Waals surface area (Å²) in [5, 5.41) is 4.39. The SMILES string of the molecule is CC(C)C1=NOC(=S)C1. The fraction of sp³-hybridized carbons (Fsp3) is 0.667. The van der Waals surface area contributed by atoms with Gasteiger partial charge in [-0.3, -0.25) is 0 Å². The molecule has 0 radical (unpaired) electrons. The molecule has 3 heteroatoms. The van der Waals surface area contributed by atoms with E-state index in [1.54, 1.807) is 0 Å². The number of hydrogen-bond acceptors (Lipinski definition) is 3. The van der Waals surface area contributed by atoms with Crippen molar-refractivity contribution in [2.24, 2.45) is 11.1 Å². The molecule has 0 aliphatic carbocycles. The van der Waals surface area contributed by atoms with Gasteiger partial charge in [-0.15, -0.1) is 0 Å². The van der Waals surface area contributed by atoms with Crippen LogP contribution in [0.1, 0.15) is 20.3 Å². The van der Waals surface area contributed by atoms with Gasteiger partial charge in [-0.05, 0) is 18.1 Å². The van der Waals surface area contributed by atoms with Gasteiger partial charge < -0.3 is 4.84 Å². The summed E-state index contributed by atoms with van der Waals surface area (Å²) in [6.07, 6.45) is 0.743. The molecule has 1 aliphatic rings. The Morgan fingerprint density at radius 1 is 1.67 bits per heavy atom. The Morgan fingerprint density at radius 2 is 2.33 bits per heavy atom. The summed E-state index contributed by atoms with van der Waals surface area (Å²) in [7, 11) is 0. The Hall–Kier alpha value is -0.440. The number of hydrogen-bond donors (Lipinski definition) is 0. The van der Waals surface area contributed by atoms with Crippen molar-refractivity contribution in [3.8, 4) is 0 Å². The third-order valence-corrected chi connectivity index (χ3v) is 1.48. The topological polar surface area (TPSA) is 21.6 Å². The predicted molar refractivity (Wildman–Crippen MR) is 40.6 cm³/mol. The lowest BCUT2D eigenvalue weighted by molar-refractivity contribution is 0.346. The van der Waals surface area contributed by atoms with E-state index >= 15 is 0 Å². The number of rotatable bonds is 1. The largest absolute Gasteiger partial charge is 0.349 e. The van der Waals surface area contributed by atoms with Gasteiger partial charge in [0.05, 0.1) is 12.1 Å². The summed E-state index contributed by atoms with van der Waals surface area (Å²) in [5.41, 5.74) is 1.06. The summed E-state index contributed by atoms with van der Waals surface area (Å²) >= 11 is 4.78. The van der Waals surface area contributed by atoms with Crippen molar-refractivity contribution in [2.75, 3.05) is 0 Å². The van der Waals surface area contributed by atoms with Gasteiger partial charge >= 0.3 is 0 Å². The van der Waals surface area contributed by atoms with Gasteiger partial charge in [-0.25, -0.2) is 0 Å². The van der Waals surface area contributed by atoms with Crippen LogP contribution in [0, 0.1) is 5.92 Å². The van der Waals surface area contributed by atoms with Gasteiger partial charge in [0.15, 0.2) is 0 Å². The van der Waals surface area contributed by atoms with Gasteiger partial charge in [0, 0.05) is 0 Å². The van der Waals surface area contributed by atoms with E-state index in [9.17, 15) is 0 Å². The summed E-state index contributed by atoms with van der Waals surface area (Å²) in [5.74, 6) is 0.463. The second kappa shape index (κ2) is 2.43. The van der Waals surface area contributed by atoms with E-state index in [4.69, 9.17) is 17.1 Å². The fourth-order valence-corrected chi connectivity index (χ4v) is 0.817. The monoisotopic (exact) mass is 143 g/mol. The highest BCUT2D eigenvalue weighted by atomic mass is 32.1. The first-order valence-electron chi connectivity index (χ1n) is 2.96. The van der Waals surface area contributed by atoms with Gasteiger partial charge in [0.1, 0.15) is 0 Å². The van der Waals surface area contributed by atoms with Crippen LogP contribution in [-0.2, 0) is 4.84 Å². The highest BCUT2D eigenvalue weighted by Gasteiger charge is 2.16. The maximum absolute atomic E-state index is 4.78. The zero-order valence-electron chi connectivity index (χ0n) is 5.55. The second-order valence-electron chi connectivity index (χ2n) is 2.38. The Balaban J connectivity index is 2.55. The molecule has 2 nitrogen and oxygen atoms in total. The molecule has 1 heterocycles. The third kappa shape index (κ3) is 1.48. The molecule has 0 bridgehead atoms. The molecular formula is C6H9NOS. The lowest BCUT2D eigenvalue weighted by Crippen LogP contribution is -2.04. The van der Waals surface area contributed by atoms with E-state index in [0.717, 1.165) is 12.1 Å². The van der Waals surface area contributed by atoms with Crippen LogP contribution in [0.15, 0.2) is 5.16 Å². The molecule has 0 saturated heterocycles. The predicted octanol–water partition coefficient (Wildman–Crippen LogP) is 1.75. The molecule has 1 aliphatic heterocycles. The molecule has 0 unspecified atom stereocenters. The van der Waals surface area contributed by atoms with Crippen LogP contribution in [0.5, 0.6) is 0 Å². The standard InChI is InChI=1S/C6H9NOS/c1-4(2)5-3-6(9)8-7-5/h4H,3H2,1-2H3. The quantitative estimate of drug-likeness (QED) is 0.521. The van der Waals surface area contributed by atoms with Crippen LogP contribution in [-0.4, -0.2) is 10.8 Å². The maximum Gasteiger partial charge on any atom is 0.203 e. The summed E-state index contributed by atoms with van der Waals surface area (Å²) in [6.45, 7) is 4.16. The fourth-order valence-electron chi connectivity index (χ4n) is 0.632. The average Bonchev–Trinajstić information content (AvgIpc) is 2.14. The molecule has 0 atom stereocenters. The van der Waals surface area contributed by atoms with Crippen LogP contribution >= 0.6 is 12.2 Å². The number of nitrogens with zero attached hydrogens (tertiary/aromatic N) is 1. The highest BCUT2D eigenvalue weighted by Crippen LogP contribution is 2.10. The summed E-state index contributed by atoms with van der Waals surface area (Å²) in [6, 6.07) is 0. The maximum atomic E-state index is 4.78. The van der Waals surface area contributed by atoms with E-state index in [1.807, 2.05) is 0 Å². The Bertz CT molecular complexity index is 162. The first-order chi connectivity index (χ1) is 4.20. The van der Waals surface area contributed by atoms with Crippen molar-refractivity contribution in [1.29, 1.82) is 0 Å². The zero-order chi connectivity index (χ0) is 6.85. The van der Waals surface area contributed by atoms with Crippen LogP contribution in [0.3, 0.4) is 0 Å². The minimum absolute atomic E-state index is 0.463. The van der Waals surface area contributed by atoms with E-state index in [1.165, 1.54) is 0 Å². The molecular weight excluding hydrogens is 134 g/mol. The van der Waals surface area contributed by atoms with Crippen molar-refractivity contribution in [3.05, 3.63) is 0 Å². The Labute approximate surface area is 59.9 Å². The van der Waals surface area contributed by atoms with Crippen molar-refractivity contribution in [3.63, 3.8) is 0 Å². The van der Waals surface area contributed by atoms with E-state index < -0.39 is 0 Å². The smallest absolute Gasteiger partial charge is 0.203 e. The molecule has 9 heavy (non-hydrogen) atoms. The Morgan fingerprint density at radius 3 is 2.56 bits per heavy atom. The molecule has 0 saturated carbocycles. The first kappa shape index (κ1) is 6.68. The van der Waals surface area contributed by atoms with Crippen LogP contribution in [0.4, 0.5) is 0 Å². The van der Waals surface area contributed by atoms with Gasteiger partial charge in [0.25, 0.3) is 0 Å². The molecule has 0 aromatic carbocycles. The normalized spacial score (nSPS) is 18.1. The summed E-state index contributed by atoms with van der Waals surface area (Å²) in [4.78, 5) is 4.75. The molecule has 0 amide bonds. The minimum Gasteiger partial charge on any atom is -0.349 e. The van der Waals surface area contributed by atoms with E-state index in [-0.39, 0.29) is 0 Å². The van der Waals surface area contributed by atoms with Crippen molar-refractivity contribution in [2.45, 2.75) is 20.3 Å². The van der Waals surface area contributed by atoms with Crippen LogP contribution in [0.2, 0.25) is 0 Å². The molecule has 50 valence electrons. The molecule has 0 N–H and O–H groups in total. The molecule has 1 rings (SSSR count). The van der Waals surface area contributed by atoms with Gasteiger partial charge in [-0.2, -0.15) is 0 Å². The van der Waals surface area contributed by atoms with Crippen LogP contribution in [0.25, 0.3) is 0 Å². The van der Waals surface area contributed by atoms with Crippen molar-refractivity contribution in [1.82, 2.24) is 0 Å². The molecule has 0 aromatic heterocycles. The molecule has 0 fully saturated rings. The number of thiocarbonyl (C=S) groups is 1. The lowest BCUT2D eigenvalue weighted by Gasteiger charge is -1.96. The number of oxime groups is 1. The Kier molecular flexibility index (Phi) is 1.81. The zero-order valence-corrected chi connectivity index (χ0v) is 6.36. The van der Waals surface area contributed by atoms with Crippen molar-refractivity contribution < 1.29 is 4.84 Å². The molecule has 0 spiro atoms. The van der Waals surface area contributed by atoms with E-state index in [0.29, 0.717) is 11.0 Å². The average molecular weight is 143 g/mol. The first-order valence-corrected chi connectivity index (χ1v) is 3.37. The molecule has 0 aromatic rings. The second-order valence-corrected chi connectivity index (χ2v) is 2.83. The van der Waals surface area contributed by atoms with Crippen LogP contribution < -0.4 is 0 Å². The third-order valence-electron chi connectivity index (χ3n) is 1.26. The highest BCUT2D eigenvalue weighted by molar-refractivity contribution is 7.80.